The minimum Gasteiger partial charge on any atom is -0.456 e. The van der Waals surface area contributed by atoms with Gasteiger partial charge in [0.1, 0.15) is 11.5 Å². The standard InChI is InChI=1S/2C23H29NO4/c2*1-4-19(25)21-13-18(22(28-21)15(3)16-8-6-5-7-9-16)23(27)24-17-10-11-20(26)14(2)12-17/h2*5-9,13-15,17,20,26H,4,10-12H2,1-3H3,(H,24,27)/t14-,15+,17?,20-;14-,15-,17?,20-/m11/s1. The molecule has 56 heavy (non-hydrogen) atoms. The fourth-order valence-corrected chi connectivity index (χ4v) is 7.77. The molecule has 4 N–H and O–H groups in total. The summed E-state index contributed by atoms with van der Waals surface area (Å²) in [5, 5.41) is 26.0. The molecule has 2 aliphatic carbocycles. The number of Topliss-reactive ketones (excluding diaryl/α,β-unsaturated/α-hetero) is 2. The summed E-state index contributed by atoms with van der Waals surface area (Å²) >= 11 is 0. The lowest BCUT2D eigenvalue weighted by Gasteiger charge is -2.31. The molecule has 2 aromatic heterocycles. The molecule has 8 atom stereocenters. The third kappa shape index (κ3) is 10.3. The van der Waals surface area contributed by atoms with Crippen LogP contribution in [0.1, 0.15) is 169 Å². The van der Waals surface area contributed by atoms with Gasteiger partial charge in [-0.2, -0.15) is 0 Å². The summed E-state index contributed by atoms with van der Waals surface area (Å²) in [6.45, 7) is 11.5. The first-order chi connectivity index (χ1) is 26.8. The minimum absolute atomic E-state index is 0.0195. The van der Waals surface area contributed by atoms with Crippen LogP contribution in [0.2, 0.25) is 0 Å². The SMILES string of the molecule is CCC(=O)c1cc(C(=O)NC2CC[C@@H](O)[C@H](C)C2)c([C@@H](C)c2ccccc2)o1.CCC(=O)c1cc(C(=O)NC2CC[C@@H](O)[C@H](C)C2)c([C@H](C)c2ccccc2)o1. The van der Waals surface area contributed by atoms with Gasteiger partial charge in [-0.3, -0.25) is 19.2 Å². The fourth-order valence-electron chi connectivity index (χ4n) is 7.77. The lowest BCUT2D eigenvalue weighted by molar-refractivity contribution is 0.0615. The minimum atomic E-state index is -0.301. The highest BCUT2D eigenvalue weighted by Gasteiger charge is 2.32. The van der Waals surface area contributed by atoms with Gasteiger partial charge >= 0.3 is 0 Å². The summed E-state index contributed by atoms with van der Waals surface area (Å²) in [5.74, 6) is 0.858. The normalized spacial score (nSPS) is 23.2. The van der Waals surface area contributed by atoms with Crippen LogP contribution in [0.25, 0.3) is 0 Å². The molecule has 2 saturated carbocycles. The fraction of sp³-hybridized carbons (Fsp3) is 0.478. The largest absolute Gasteiger partial charge is 0.456 e. The zero-order chi connectivity index (χ0) is 40.5. The van der Waals surface area contributed by atoms with Gasteiger partial charge in [0.25, 0.3) is 11.8 Å². The van der Waals surface area contributed by atoms with Gasteiger partial charge in [-0.15, -0.1) is 0 Å². The molecule has 2 aromatic carbocycles. The first kappa shape index (κ1) is 42.3. The van der Waals surface area contributed by atoms with Crippen LogP contribution in [0.4, 0.5) is 0 Å². The summed E-state index contributed by atoms with van der Waals surface area (Å²) < 4.78 is 11.8. The number of amides is 2. The van der Waals surface area contributed by atoms with Crippen LogP contribution in [0.5, 0.6) is 0 Å². The van der Waals surface area contributed by atoms with Gasteiger partial charge in [0, 0.05) is 48.9 Å². The Labute approximate surface area is 330 Å². The van der Waals surface area contributed by atoms with Crippen molar-refractivity contribution in [2.75, 3.05) is 0 Å². The lowest BCUT2D eigenvalue weighted by Crippen LogP contribution is -2.41. The van der Waals surface area contributed by atoms with E-state index in [-0.39, 0.29) is 82.9 Å². The number of furan rings is 2. The maximum Gasteiger partial charge on any atom is 0.255 e. The molecular weight excluding hydrogens is 709 g/mol. The van der Waals surface area contributed by atoms with Crippen LogP contribution in [0.3, 0.4) is 0 Å². The van der Waals surface area contributed by atoms with Gasteiger partial charge in [-0.25, -0.2) is 0 Å². The molecule has 6 rings (SSSR count). The van der Waals surface area contributed by atoms with E-state index in [4.69, 9.17) is 8.83 Å². The van der Waals surface area contributed by atoms with Crippen molar-refractivity contribution in [3.8, 4) is 0 Å². The molecule has 2 aliphatic rings. The van der Waals surface area contributed by atoms with Gasteiger partial charge in [0.05, 0.1) is 23.3 Å². The molecule has 10 heteroatoms. The number of carbonyl (C=O) groups excluding carboxylic acids is 4. The summed E-state index contributed by atoms with van der Waals surface area (Å²) in [5.41, 5.74) is 2.89. The van der Waals surface area contributed by atoms with E-state index in [1.165, 1.54) is 0 Å². The summed E-state index contributed by atoms with van der Waals surface area (Å²) in [7, 11) is 0. The predicted molar refractivity (Wildman–Crippen MR) is 215 cm³/mol. The van der Waals surface area contributed by atoms with Crippen molar-refractivity contribution >= 4 is 23.4 Å². The van der Waals surface area contributed by atoms with E-state index in [9.17, 15) is 29.4 Å². The van der Waals surface area contributed by atoms with Gasteiger partial charge < -0.3 is 29.7 Å². The molecule has 0 aliphatic heterocycles. The lowest BCUT2D eigenvalue weighted by atomic mass is 9.84. The number of ketones is 2. The highest BCUT2D eigenvalue weighted by Crippen LogP contribution is 2.33. The molecule has 2 amide bonds. The highest BCUT2D eigenvalue weighted by atomic mass is 16.4. The first-order valence-corrected chi connectivity index (χ1v) is 20.2. The second kappa shape index (κ2) is 19.4. The zero-order valence-electron chi connectivity index (χ0n) is 33.5. The van der Waals surface area contributed by atoms with Crippen LogP contribution >= 0.6 is 0 Å². The molecule has 10 nitrogen and oxygen atoms in total. The van der Waals surface area contributed by atoms with E-state index < -0.39 is 0 Å². The van der Waals surface area contributed by atoms with Crippen LogP contribution in [0, 0.1) is 11.8 Å². The van der Waals surface area contributed by atoms with E-state index >= 15 is 0 Å². The number of carbonyl (C=O) groups is 4. The van der Waals surface area contributed by atoms with Crippen molar-refractivity contribution in [1.29, 1.82) is 0 Å². The van der Waals surface area contributed by atoms with Gasteiger partial charge in [0.15, 0.2) is 23.1 Å². The summed E-state index contributed by atoms with van der Waals surface area (Å²) in [6, 6.07) is 22.8. The quantitative estimate of drug-likeness (QED) is 0.104. The second-order valence-corrected chi connectivity index (χ2v) is 15.7. The van der Waals surface area contributed by atoms with Crippen molar-refractivity contribution in [3.63, 3.8) is 0 Å². The van der Waals surface area contributed by atoms with Crippen molar-refractivity contribution in [1.82, 2.24) is 10.6 Å². The average molecular weight is 767 g/mol. The Balaban J connectivity index is 0.000000214. The Morgan fingerprint density at radius 2 is 0.982 bits per heavy atom. The molecule has 0 saturated heterocycles. The van der Waals surface area contributed by atoms with E-state index in [0.29, 0.717) is 48.3 Å². The Kier molecular flexibility index (Phi) is 14.6. The molecule has 0 radical (unpaired) electrons. The van der Waals surface area contributed by atoms with Crippen molar-refractivity contribution < 1.29 is 38.2 Å². The van der Waals surface area contributed by atoms with Crippen LogP contribution < -0.4 is 10.6 Å². The zero-order valence-corrected chi connectivity index (χ0v) is 33.5. The Hall–Kier alpha value is -4.80. The van der Waals surface area contributed by atoms with Crippen molar-refractivity contribution in [2.45, 2.75) is 129 Å². The molecule has 2 heterocycles. The number of hydrogen-bond donors (Lipinski definition) is 4. The predicted octanol–water partition coefficient (Wildman–Crippen LogP) is 8.61. The number of hydrogen-bond acceptors (Lipinski definition) is 8. The number of nitrogens with one attached hydrogen (secondary N) is 2. The van der Waals surface area contributed by atoms with Crippen LogP contribution in [-0.4, -0.2) is 57.9 Å². The number of aliphatic hydroxyl groups is 2. The number of benzene rings is 2. The molecule has 2 fully saturated rings. The van der Waals surface area contributed by atoms with Crippen LogP contribution in [0.15, 0.2) is 81.6 Å². The third-order valence-electron chi connectivity index (χ3n) is 11.5. The van der Waals surface area contributed by atoms with E-state index in [2.05, 4.69) is 10.6 Å². The number of rotatable bonds is 12. The smallest absolute Gasteiger partial charge is 0.255 e. The first-order valence-electron chi connectivity index (χ1n) is 20.2. The Morgan fingerprint density at radius 3 is 1.30 bits per heavy atom. The molecular formula is C46H58N2O8. The van der Waals surface area contributed by atoms with Gasteiger partial charge in [0.2, 0.25) is 0 Å². The van der Waals surface area contributed by atoms with E-state index in [1.807, 2.05) is 88.4 Å². The van der Waals surface area contributed by atoms with E-state index in [0.717, 1.165) is 36.8 Å². The average Bonchev–Trinajstić information content (AvgIpc) is 3.87. The number of aliphatic hydroxyl groups excluding tert-OH is 2. The summed E-state index contributed by atoms with van der Waals surface area (Å²) in [6.07, 6.45) is 4.41. The molecule has 4 aromatic rings. The van der Waals surface area contributed by atoms with Gasteiger partial charge in [-0.05, 0) is 61.5 Å². The molecule has 0 bridgehead atoms. The second-order valence-electron chi connectivity index (χ2n) is 15.7. The van der Waals surface area contributed by atoms with Crippen molar-refractivity contribution in [2.24, 2.45) is 11.8 Å². The maximum absolute atomic E-state index is 13.0. The molecule has 0 spiro atoms. The topological polar surface area (TPSA) is 159 Å². The Morgan fingerprint density at radius 1 is 0.625 bits per heavy atom. The molecule has 2 unspecified atom stereocenters. The Bertz CT molecular complexity index is 1790. The maximum atomic E-state index is 13.0. The molecule has 300 valence electrons. The van der Waals surface area contributed by atoms with Crippen molar-refractivity contribution in [3.05, 3.63) is 118 Å². The highest BCUT2D eigenvalue weighted by molar-refractivity contribution is 6.01. The summed E-state index contributed by atoms with van der Waals surface area (Å²) in [4.78, 5) is 50.4. The monoisotopic (exact) mass is 766 g/mol. The van der Waals surface area contributed by atoms with Gasteiger partial charge in [-0.1, -0.05) is 102 Å². The van der Waals surface area contributed by atoms with E-state index in [1.54, 1.807) is 26.0 Å². The van der Waals surface area contributed by atoms with Crippen LogP contribution in [-0.2, 0) is 0 Å². The third-order valence-corrected chi connectivity index (χ3v) is 11.5.